The highest BCUT2D eigenvalue weighted by Crippen LogP contribution is 2.35. The minimum Gasteiger partial charge on any atom is -0.472 e. The van der Waals surface area contributed by atoms with Crippen LogP contribution in [0.2, 0.25) is 0 Å². The van der Waals surface area contributed by atoms with Gasteiger partial charge >= 0.3 is 17.7 Å². The van der Waals surface area contributed by atoms with Crippen molar-refractivity contribution in [2.24, 2.45) is 4.99 Å². The number of carboxylic acid groups (broad SMARTS) is 1. The van der Waals surface area contributed by atoms with Gasteiger partial charge in [-0.15, -0.1) is 0 Å². The minimum absolute atomic E-state index is 0.132. The van der Waals surface area contributed by atoms with Gasteiger partial charge in [0.1, 0.15) is 0 Å². The molecule has 19 heavy (non-hydrogen) atoms. The Labute approximate surface area is 119 Å². The van der Waals surface area contributed by atoms with E-state index in [1.54, 1.807) is 30.3 Å². The Kier molecular flexibility index (Phi) is 3.45. The molecule has 0 saturated carbocycles. The van der Waals surface area contributed by atoms with Gasteiger partial charge in [0.15, 0.2) is 0 Å². The van der Waals surface area contributed by atoms with Crippen LogP contribution in [0.4, 0.5) is 0 Å². The van der Waals surface area contributed by atoms with Crippen LogP contribution in [0.1, 0.15) is 10.4 Å². The molecule has 2 rings (SSSR count). The molecule has 0 saturated heterocycles. The fourth-order valence-electron chi connectivity index (χ4n) is 1.78. The zero-order chi connectivity index (χ0) is 14.2. The number of carboxylic acids is 1. The molecule has 1 aliphatic rings. The van der Waals surface area contributed by atoms with Gasteiger partial charge in [0, 0.05) is 0 Å². The number of benzene rings is 1. The smallest absolute Gasteiger partial charge is 0.412 e. The predicted molar refractivity (Wildman–Crippen MR) is 70.8 cm³/mol. The Balaban J connectivity index is 2.55. The molecule has 1 unspecified atom stereocenters. The first kappa shape index (κ1) is 13.7. The van der Waals surface area contributed by atoms with Crippen LogP contribution in [-0.2, 0) is 4.79 Å². The summed E-state index contributed by atoms with van der Waals surface area (Å²) in [7, 11) is 1.35. The lowest BCUT2D eigenvalue weighted by atomic mass is 10.2. The molecule has 0 radical (unpaired) electrons. The average Bonchev–Trinajstić information content (AvgIpc) is 2.64. The number of halogens is 2. The van der Waals surface area contributed by atoms with E-state index in [9.17, 15) is 9.59 Å². The first-order valence-electron chi connectivity index (χ1n) is 5.24. The van der Waals surface area contributed by atoms with Gasteiger partial charge in [-0.2, -0.15) is 9.48 Å². The summed E-state index contributed by atoms with van der Waals surface area (Å²) < 4.78 is -0.778. The Hall–Kier alpha value is -1.69. The number of amidine groups is 1. The topological polar surface area (TPSA) is 66.7 Å². The first-order valence-corrected chi connectivity index (χ1v) is 5.99. The number of quaternary nitrogens is 1. The molecular formula is C12H9Cl2N2O3+. The van der Waals surface area contributed by atoms with Gasteiger partial charge in [0.2, 0.25) is 5.16 Å². The largest absolute Gasteiger partial charge is 0.472 e. The van der Waals surface area contributed by atoms with E-state index in [4.69, 9.17) is 28.3 Å². The molecule has 1 aromatic rings. The maximum atomic E-state index is 12.5. The van der Waals surface area contributed by atoms with Crippen LogP contribution >= 0.6 is 23.2 Å². The Morgan fingerprint density at radius 2 is 1.79 bits per heavy atom. The van der Waals surface area contributed by atoms with Crippen LogP contribution in [-0.4, -0.2) is 34.3 Å². The lowest BCUT2D eigenvalue weighted by Crippen LogP contribution is -2.53. The normalized spacial score (nSPS) is 22.4. The van der Waals surface area contributed by atoms with Gasteiger partial charge in [-0.25, -0.2) is 9.59 Å². The molecule has 5 nitrogen and oxygen atoms in total. The van der Waals surface area contributed by atoms with Crippen LogP contribution in [0.15, 0.2) is 45.6 Å². The van der Waals surface area contributed by atoms with E-state index in [0.717, 1.165) is 0 Å². The molecule has 0 aromatic heterocycles. The van der Waals surface area contributed by atoms with Crippen molar-refractivity contribution in [2.45, 2.75) is 0 Å². The van der Waals surface area contributed by atoms with Gasteiger partial charge in [-0.3, -0.25) is 0 Å². The molecule has 98 valence electrons. The van der Waals surface area contributed by atoms with Crippen molar-refractivity contribution in [1.29, 1.82) is 0 Å². The van der Waals surface area contributed by atoms with E-state index in [1.165, 1.54) is 7.05 Å². The third-order valence-corrected chi connectivity index (χ3v) is 3.69. The summed E-state index contributed by atoms with van der Waals surface area (Å²) in [6.07, 6.45) is 0. The second-order valence-corrected chi connectivity index (χ2v) is 4.72. The van der Waals surface area contributed by atoms with Gasteiger partial charge in [-0.1, -0.05) is 29.8 Å². The maximum Gasteiger partial charge on any atom is 0.412 e. The molecule has 1 aromatic carbocycles. The highest BCUT2D eigenvalue weighted by molar-refractivity contribution is 6.45. The zero-order valence-electron chi connectivity index (χ0n) is 9.80. The second-order valence-electron chi connectivity index (χ2n) is 4.00. The number of carbonyl (C=O) groups excluding carboxylic acids is 1. The molecule has 1 amide bonds. The van der Waals surface area contributed by atoms with Crippen molar-refractivity contribution in [3.8, 4) is 0 Å². The van der Waals surface area contributed by atoms with E-state index in [1.807, 2.05) is 0 Å². The third kappa shape index (κ3) is 2.06. The Bertz CT molecular complexity index is 625. The molecular weight excluding hydrogens is 291 g/mol. The van der Waals surface area contributed by atoms with Crippen LogP contribution < -0.4 is 0 Å². The molecule has 7 heteroatoms. The summed E-state index contributed by atoms with van der Waals surface area (Å²) in [5.41, 5.74) is 0.323. The number of hydrogen-bond acceptors (Lipinski definition) is 3. The third-order valence-electron chi connectivity index (χ3n) is 2.81. The number of likely N-dealkylation sites (N-methyl/N-ethyl adjacent to an activating group) is 1. The van der Waals surface area contributed by atoms with E-state index in [2.05, 4.69) is 4.99 Å². The highest BCUT2D eigenvalue weighted by Gasteiger charge is 2.52. The van der Waals surface area contributed by atoms with Crippen molar-refractivity contribution in [3.05, 3.63) is 46.2 Å². The Morgan fingerprint density at radius 3 is 2.32 bits per heavy atom. The lowest BCUT2D eigenvalue weighted by Gasteiger charge is -2.24. The van der Waals surface area contributed by atoms with E-state index in [-0.39, 0.29) is 10.3 Å². The highest BCUT2D eigenvalue weighted by atomic mass is 35.5. The summed E-state index contributed by atoms with van der Waals surface area (Å²) in [5.74, 6) is -2.29. The number of rotatable bonds is 2. The van der Waals surface area contributed by atoms with Crippen LogP contribution in [0.25, 0.3) is 0 Å². The summed E-state index contributed by atoms with van der Waals surface area (Å²) >= 11 is 11.7. The van der Waals surface area contributed by atoms with Gasteiger partial charge < -0.3 is 5.11 Å². The predicted octanol–water partition coefficient (Wildman–Crippen LogP) is 2.37. The van der Waals surface area contributed by atoms with Crippen molar-refractivity contribution in [3.63, 3.8) is 0 Å². The lowest BCUT2D eigenvalue weighted by molar-refractivity contribution is -0.677. The van der Waals surface area contributed by atoms with Crippen molar-refractivity contribution < 1.29 is 19.2 Å². The number of aliphatic carboxylic acids is 1. The molecule has 1 N–H and O–H groups in total. The monoisotopic (exact) mass is 299 g/mol. The molecule has 0 bridgehead atoms. The molecule has 0 fully saturated rings. The standard InChI is InChI=1S/C12H8Cl2N2O3/c1-16(11(17)7-5-3-2-4-6-7)9(14)8(13)15-10(16)12(18)19/h2-6H,1H3/p+1. The summed E-state index contributed by atoms with van der Waals surface area (Å²) in [6.45, 7) is 0. The fourth-order valence-corrected chi connectivity index (χ4v) is 2.23. The van der Waals surface area contributed by atoms with Crippen LogP contribution in [0, 0.1) is 0 Å². The number of aliphatic imine (C=N–C) groups is 1. The number of amides is 1. The Morgan fingerprint density at radius 1 is 1.21 bits per heavy atom. The van der Waals surface area contributed by atoms with E-state index in [0.29, 0.717) is 5.56 Å². The number of nitrogens with zero attached hydrogens (tertiary/aromatic N) is 2. The van der Waals surface area contributed by atoms with Crippen molar-refractivity contribution >= 4 is 40.9 Å². The summed E-state index contributed by atoms with van der Waals surface area (Å²) in [4.78, 5) is 27.3. The first-order chi connectivity index (χ1) is 8.89. The quantitative estimate of drug-likeness (QED) is 0.673. The SMILES string of the molecule is C[N+]1(C(=O)c2ccccc2)C(C(=O)O)=NC(Cl)=C1Cl. The second kappa shape index (κ2) is 4.77. The molecule has 0 aliphatic carbocycles. The van der Waals surface area contributed by atoms with Gasteiger partial charge in [-0.05, 0) is 23.7 Å². The van der Waals surface area contributed by atoms with Gasteiger partial charge in [0.05, 0.1) is 12.6 Å². The van der Waals surface area contributed by atoms with Gasteiger partial charge in [0.25, 0.3) is 5.16 Å². The summed E-state index contributed by atoms with van der Waals surface area (Å²) in [5, 5.41) is 8.82. The maximum absolute atomic E-state index is 12.5. The zero-order valence-corrected chi connectivity index (χ0v) is 11.3. The molecule has 1 aliphatic heterocycles. The van der Waals surface area contributed by atoms with Crippen molar-refractivity contribution in [2.75, 3.05) is 7.05 Å². The van der Waals surface area contributed by atoms with E-state index < -0.39 is 22.2 Å². The average molecular weight is 300 g/mol. The molecule has 1 heterocycles. The summed E-state index contributed by atoms with van der Waals surface area (Å²) in [6, 6.07) is 8.24. The fraction of sp³-hybridized carbons (Fsp3) is 0.0833. The van der Waals surface area contributed by atoms with Crippen molar-refractivity contribution in [1.82, 2.24) is 0 Å². The minimum atomic E-state index is -1.35. The van der Waals surface area contributed by atoms with Crippen LogP contribution in [0.3, 0.4) is 0 Å². The van der Waals surface area contributed by atoms with Crippen LogP contribution in [0.5, 0.6) is 0 Å². The number of hydrogen-bond donors (Lipinski definition) is 1. The molecule has 1 atom stereocenters. The molecule has 0 spiro atoms. The van der Waals surface area contributed by atoms with E-state index >= 15 is 0 Å². The number of carbonyl (C=O) groups is 2.